The summed E-state index contributed by atoms with van der Waals surface area (Å²) in [6, 6.07) is 8.88. The number of rotatable bonds is 6. The third-order valence-electron chi connectivity index (χ3n) is 4.54. The highest BCUT2D eigenvalue weighted by Gasteiger charge is 2.26. The quantitative estimate of drug-likeness (QED) is 0.559. The topological polar surface area (TPSA) is 57.4 Å². The number of piperazine rings is 1. The number of alkyl halides is 3. The Balaban J connectivity index is 1.57. The summed E-state index contributed by atoms with van der Waals surface area (Å²) in [5.74, 6) is 1.61. The Bertz CT molecular complexity index is 774. The number of aromatic nitrogens is 1. The Morgan fingerprint density at radius 3 is 2.54 bits per heavy atom. The highest BCUT2D eigenvalue weighted by Crippen LogP contribution is 2.31. The van der Waals surface area contributed by atoms with E-state index in [2.05, 4.69) is 27.1 Å². The van der Waals surface area contributed by atoms with Crippen molar-refractivity contribution in [3.05, 3.63) is 42.1 Å². The summed E-state index contributed by atoms with van der Waals surface area (Å²) < 4.78 is 37.1. The predicted molar refractivity (Wildman–Crippen MR) is 109 cm³/mol. The van der Waals surface area contributed by atoms with Gasteiger partial charge in [0.15, 0.2) is 0 Å². The molecule has 3 rings (SSSR count). The maximum absolute atomic E-state index is 12.4. The number of hydrogen-bond acceptors (Lipinski definition) is 6. The van der Waals surface area contributed by atoms with Gasteiger partial charge in [-0.15, -0.1) is 11.8 Å². The average molecular weight is 411 g/mol. The van der Waals surface area contributed by atoms with Crippen molar-refractivity contribution in [1.29, 1.82) is 0 Å². The molecule has 0 saturated carbocycles. The second-order valence-electron chi connectivity index (χ2n) is 6.82. The summed E-state index contributed by atoms with van der Waals surface area (Å²) in [5, 5.41) is 2.38. The van der Waals surface area contributed by atoms with Crippen LogP contribution in [-0.2, 0) is 5.75 Å². The van der Waals surface area contributed by atoms with Crippen LogP contribution in [0.3, 0.4) is 0 Å². The minimum Gasteiger partial charge on any atom is -0.398 e. The van der Waals surface area contributed by atoms with E-state index in [1.54, 1.807) is 18.2 Å². The summed E-state index contributed by atoms with van der Waals surface area (Å²) in [4.78, 5) is 9.87. The molecule has 28 heavy (non-hydrogen) atoms. The molecule has 0 bridgehead atoms. The van der Waals surface area contributed by atoms with Crippen molar-refractivity contribution in [2.75, 3.05) is 55.7 Å². The van der Waals surface area contributed by atoms with Gasteiger partial charge in [0, 0.05) is 54.4 Å². The number of pyridine rings is 1. The van der Waals surface area contributed by atoms with Crippen LogP contribution in [0.15, 0.2) is 41.4 Å². The van der Waals surface area contributed by atoms with E-state index in [9.17, 15) is 13.2 Å². The average Bonchev–Trinajstić information content (AvgIpc) is 2.67. The molecule has 1 aliphatic rings. The third kappa shape index (κ3) is 5.93. The molecule has 0 unspecified atom stereocenters. The van der Waals surface area contributed by atoms with Gasteiger partial charge in [-0.2, -0.15) is 13.2 Å². The van der Waals surface area contributed by atoms with Crippen molar-refractivity contribution in [3.8, 4) is 0 Å². The van der Waals surface area contributed by atoms with Gasteiger partial charge in [-0.3, -0.25) is 0 Å². The van der Waals surface area contributed by atoms with Gasteiger partial charge in [-0.25, -0.2) is 4.98 Å². The zero-order valence-corrected chi connectivity index (χ0v) is 16.5. The molecule has 0 atom stereocenters. The predicted octanol–water partition coefficient (Wildman–Crippen LogP) is 3.68. The lowest BCUT2D eigenvalue weighted by Gasteiger charge is -2.33. The van der Waals surface area contributed by atoms with Gasteiger partial charge >= 0.3 is 6.18 Å². The highest BCUT2D eigenvalue weighted by atomic mass is 32.2. The van der Waals surface area contributed by atoms with Crippen molar-refractivity contribution < 1.29 is 13.2 Å². The molecule has 1 aliphatic heterocycles. The molecule has 0 amide bonds. The van der Waals surface area contributed by atoms with Crippen LogP contribution in [0.4, 0.5) is 30.4 Å². The summed E-state index contributed by atoms with van der Waals surface area (Å²) in [6.07, 6.45) is -2.41. The second kappa shape index (κ2) is 8.91. The number of nitrogens with two attached hydrogens (primary N) is 1. The first-order valence-electron chi connectivity index (χ1n) is 9.01. The van der Waals surface area contributed by atoms with E-state index < -0.39 is 12.7 Å². The molecule has 3 N–H and O–H groups in total. The lowest BCUT2D eigenvalue weighted by atomic mass is 10.3. The van der Waals surface area contributed by atoms with Crippen LogP contribution in [0.5, 0.6) is 0 Å². The Morgan fingerprint density at radius 2 is 1.89 bits per heavy atom. The molecule has 1 aromatic carbocycles. The van der Waals surface area contributed by atoms with E-state index in [1.807, 2.05) is 18.3 Å². The first-order chi connectivity index (χ1) is 13.3. The third-order valence-corrected chi connectivity index (χ3v) is 5.68. The molecule has 0 spiro atoms. The summed E-state index contributed by atoms with van der Waals surface area (Å²) >= 11 is 1.48. The molecule has 2 aromatic rings. The first kappa shape index (κ1) is 20.6. The number of nitrogens with one attached hydrogen (secondary N) is 1. The number of nitrogens with zero attached hydrogens (tertiary/aromatic N) is 3. The van der Waals surface area contributed by atoms with E-state index in [0.29, 0.717) is 17.1 Å². The van der Waals surface area contributed by atoms with Crippen LogP contribution in [0.1, 0.15) is 5.56 Å². The van der Waals surface area contributed by atoms with Gasteiger partial charge in [-0.05, 0) is 36.9 Å². The molecule has 0 radical (unpaired) electrons. The largest absolute Gasteiger partial charge is 0.405 e. The van der Waals surface area contributed by atoms with Crippen LogP contribution in [0.25, 0.3) is 0 Å². The summed E-state index contributed by atoms with van der Waals surface area (Å²) in [7, 11) is 2.12. The van der Waals surface area contributed by atoms with Crippen molar-refractivity contribution in [3.63, 3.8) is 0 Å². The number of hydrogen-bond donors (Lipinski definition) is 2. The second-order valence-corrected chi connectivity index (χ2v) is 7.84. The normalized spacial score (nSPS) is 15.6. The molecular formula is C19H24F3N5S. The maximum Gasteiger partial charge on any atom is 0.405 e. The molecule has 152 valence electrons. The van der Waals surface area contributed by atoms with Gasteiger partial charge in [0.25, 0.3) is 0 Å². The minimum absolute atomic E-state index is 0.401. The van der Waals surface area contributed by atoms with Crippen molar-refractivity contribution in [2.24, 2.45) is 0 Å². The molecule has 9 heteroatoms. The van der Waals surface area contributed by atoms with Crippen molar-refractivity contribution >= 4 is 29.0 Å². The highest BCUT2D eigenvalue weighted by molar-refractivity contribution is 7.98. The van der Waals surface area contributed by atoms with E-state index >= 15 is 0 Å². The fourth-order valence-corrected chi connectivity index (χ4v) is 3.80. The van der Waals surface area contributed by atoms with Crippen LogP contribution in [-0.4, -0.2) is 55.8 Å². The zero-order valence-electron chi connectivity index (χ0n) is 15.7. The van der Waals surface area contributed by atoms with Crippen LogP contribution in [0, 0.1) is 0 Å². The molecule has 5 nitrogen and oxygen atoms in total. The van der Waals surface area contributed by atoms with E-state index in [1.165, 1.54) is 11.8 Å². The molecule has 1 aromatic heterocycles. The van der Waals surface area contributed by atoms with Gasteiger partial charge in [0.1, 0.15) is 12.4 Å². The lowest BCUT2D eigenvalue weighted by Crippen LogP contribution is -2.44. The number of thioether (sulfide) groups is 1. The number of anilines is 3. The Morgan fingerprint density at radius 1 is 1.14 bits per heavy atom. The monoisotopic (exact) mass is 411 g/mol. The SMILES string of the molecule is CN1CCN(c2ccc(CSc3cc(NCC(F)(F)F)ccc3N)cn2)CC1. The molecular weight excluding hydrogens is 387 g/mol. The van der Waals surface area contributed by atoms with Crippen LogP contribution >= 0.6 is 11.8 Å². The fraction of sp³-hybridized carbons (Fsp3) is 0.421. The number of halogens is 3. The van der Waals surface area contributed by atoms with Crippen molar-refractivity contribution in [2.45, 2.75) is 16.8 Å². The Labute approximate surface area is 167 Å². The van der Waals surface area contributed by atoms with E-state index in [0.717, 1.165) is 42.5 Å². The molecule has 0 aliphatic carbocycles. The van der Waals surface area contributed by atoms with Crippen molar-refractivity contribution in [1.82, 2.24) is 9.88 Å². The minimum atomic E-state index is -4.26. The van der Waals surface area contributed by atoms with Crippen LogP contribution in [0.2, 0.25) is 0 Å². The smallest absolute Gasteiger partial charge is 0.398 e. The fourth-order valence-electron chi connectivity index (χ4n) is 2.86. The summed E-state index contributed by atoms with van der Waals surface area (Å²) in [6.45, 7) is 2.91. The lowest BCUT2D eigenvalue weighted by molar-refractivity contribution is -0.115. The molecule has 2 heterocycles. The first-order valence-corrected chi connectivity index (χ1v) is 10.00. The standard InChI is InChI=1S/C19H24F3N5S/c1-26-6-8-27(9-7-26)18-5-2-14(11-24-18)12-28-17-10-15(3-4-16(17)23)25-13-19(20,21)22/h2-5,10-11,25H,6-9,12-13,23H2,1H3. The molecule has 1 saturated heterocycles. The summed E-state index contributed by atoms with van der Waals surface area (Å²) in [5.41, 5.74) is 7.96. The maximum atomic E-state index is 12.4. The number of benzene rings is 1. The number of nitrogen functional groups attached to an aromatic ring is 1. The van der Waals surface area contributed by atoms with E-state index in [4.69, 9.17) is 5.73 Å². The Kier molecular flexibility index (Phi) is 6.56. The zero-order chi connectivity index (χ0) is 20.1. The van der Waals surface area contributed by atoms with Gasteiger partial charge in [-0.1, -0.05) is 6.07 Å². The van der Waals surface area contributed by atoms with Gasteiger partial charge < -0.3 is 20.9 Å². The van der Waals surface area contributed by atoms with Crippen LogP contribution < -0.4 is 16.0 Å². The van der Waals surface area contributed by atoms with E-state index in [-0.39, 0.29) is 0 Å². The number of likely N-dealkylation sites (N-methyl/N-ethyl adjacent to an activating group) is 1. The molecule has 1 fully saturated rings. The Hall–Kier alpha value is -2.13. The van der Waals surface area contributed by atoms with Gasteiger partial charge in [0.2, 0.25) is 0 Å². The van der Waals surface area contributed by atoms with Gasteiger partial charge in [0.05, 0.1) is 0 Å².